The van der Waals surface area contributed by atoms with Gasteiger partial charge in [-0.15, -0.1) is 0 Å². The van der Waals surface area contributed by atoms with Gasteiger partial charge in [0, 0.05) is 38.4 Å². The molecule has 0 atom stereocenters. The van der Waals surface area contributed by atoms with E-state index in [9.17, 15) is 0 Å². The molecular weight excluding hydrogens is 801 g/mol. The van der Waals surface area contributed by atoms with E-state index >= 15 is 0 Å². The summed E-state index contributed by atoms with van der Waals surface area (Å²) in [6.45, 7) is 25.6. The van der Waals surface area contributed by atoms with Gasteiger partial charge in [-0.25, -0.2) is 39.6 Å². The first kappa shape index (κ1) is 39.0. The number of aromatic nitrogens is 8. The second-order valence-electron chi connectivity index (χ2n) is 16.3. The summed E-state index contributed by atoms with van der Waals surface area (Å²) in [7, 11) is 0. The van der Waals surface area contributed by atoms with E-state index < -0.39 is 0 Å². The summed E-state index contributed by atoms with van der Waals surface area (Å²) in [6, 6.07) is 48.1. The van der Waals surface area contributed by atoms with Crippen LogP contribution in [0.3, 0.4) is 0 Å². The lowest BCUT2D eigenvalue weighted by Gasteiger charge is -2.20. The van der Waals surface area contributed by atoms with Crippen LogP contribution in [0.25, 0.3) is 110 Å². The van der Waals surface area contributed by atoms with Crippen LogP contribution in [0.4, 0.5) is 11.4 Å². The zero-order chi connectivity index (χ0) is 44.5. The minimum Gasteiger partial charge on any atom is -0.309 e. The Kier molecular flexibility index (Phi) is 9.12. The molecule has 4 heterocycles. The Balaban J connectivity index is 1.19. The molecule has 0 unspecified atom stereocenters. The lowest BCUT2D eigenvalue weighted by atomic mass is 9.90. The predicted molar refractivity (Wildman–Crippen MR) is 260 cm³/mol. The van der Waals surface area contributed by atoms with Gasteiger partial charge in [0.25, 0.3) is 0 Å². The number of aryl methyl sites for hydroxylation is 5. The Morgan fingerprint density at radius 2 is 0.877 bits per heavy atom. The van der Waals surface area contributed by atoms with Gasteiger partial charge >= 0.3 is 0 Å². The van der Waals surface area contributed by atoms with Gasteiger partial charge in [-0.05, 0) is 130 Å². The minimum absolute atomic E-state index is 0.525. The fourth-order valence-corrected chi connectivity index (χ4v) is 9.40. The van der Waals surface area contributed by atoms with Crippen molar-refractivity contribution < 1.29 is 0 Å². The van der Waals surface area contributed by atoms with Gasteiger partial charge in [0.05, 0.1) is 40.9 Å². The van der Waals surface area contributed by atoms with Gasteiger partial charge in [-0.3, -0.25) is 0 Å². The molecule has 11 aromatic rings. The fourth-order valence-electron chi connectivity index (χ4n) is 9.40. The molecule has 0 aliphatic carbocycles. The quantitative estimate of drug-likeness (QED) is 0.155. The van der Waals surface area contributed by atoms with E-state index in [0.29, 0.717) is 46.3 Å². The molecule has 0 fully saturated rings. The fraction of sp³-hybridized carbons (Fsp3) is 0.0909. The highest BCUT2D eigenvalue weighted by atomic mass is 15.0. The summed E-state index contributed by atoms with van der Waals surface area (Å²) in [6.07, 6.45) is 0. The predicted octanol–water partition coefficient (Wildman–Crippen LogP) is 13.6. The average molecular weight is 839 g/mol. The Bertz CT molecular complexity index is 3840. The number of benzene rings is 7. The van der Waals surface area contributed by atoms with Crippen LogP contribution in [0.15, 0.2) is 140 Å². The molecule has 10 heteroatoms. The minimum atomic E-state index is 0.525. The number of nitrogens with zero attached hydrogens (tertiary/aromatic N) is 10. The third-order valence-corrected chi connectivity index (χ3v) is 12.1. The Hall–Kier alpha value is -8.86. The van der Waals surface area contributed by atoms with Gasteiger partial charge in [0.2, 0.25) is 0 Å². The van der Waals surface area contributed by atoms with E-state index in [1.807, 2.05) is 58.0 Å². The van der Waals surface area contributed by atoms with Gasteiger partial charge < -0.3 is 9.13 Å². The SMILES string of the molecule is [C-]#[N+]c1ccc(-c2ccc(-n3c4ccccc4c4cc(-c5nc(C)nc(C)n5)ccc43)cc2-c2cc([N+]#[C-])ccc2-n2c3ccccc3c3cc(-c4nc(C)nc(C)n4)ccc32)c(C)c1. The van der Waals surface area contributed by atoms with E-state index in [2.05, 4.69) is 155 Å². The number of para-hydroxylation sites is 2. The zero-order valence-corrected chi connectivity index (χ0v) is 36.3. The molecule has 0 N–H and O–H groups in total. The zero-order valence-electron chi connectivity index (χ0n) is 36.3. The number of hydrogen-bond donors (Lipinski definition) is 0. The van der Waals surface area contributed by atoms with Crippen molar-refractivity contribution in [3.63, 3.8) is 0 Å². The molecular formula is C55H38N10. The van der Waals surface area contributed by atoms with Crippen LogP contribution in [-0.2, 0) is 0 Å². The number of fused-ring (bicyclic) bond motifs is 6. The summed E-state index contributed by atoms with van der Waals surface area (Å²) < 4.78 is 4.62. The van der Waals surface area contributed by atoms with E-state index in [1.165, 1.54) is 0 Å². The third kappa shape index (κ3) is 6.55. The molecule has 0 aliphatic heterocycles. The van der Waals surface area contributed by atoms with Crippen molar-refractivity contribution in [3.05, 3.63) is 191 Å². The van der Waals surface area contributed by atoms with Crippen molar-refractivity contribution >= 4 is 55.0 Å². The van der Waals surface area contributed by atoms with Gasteiger partial charge in [0.1, 0.15) is 23.3 Å². The normalized spacial score (nSPS) is 11.4. The summed E-state index contributed by atoms with van der Waals surface area (Å²) in [5.41, 5.74) is 13.7. The molecule has 308 valence electrons. The molecule has 65 heavy (non-hydrogen) atoms. The van der Waals surface area contributed by atoms with Crippen molar-refractivity contribution in [2.24, 2.45) is 0 Å². The van der Waals surface area contributed by atoms with Crippen molar-refractivity contribution in [2.75, 3.05) is 0 Å². The van der Waals surface area contributed by atoms with Crippen LogP contribution >= 0.6 is 0 Å². The van der Waals surface area contributed by atoms with Crippen LogP contribution < -0.4 is 0 Å². The summed E-state index contributed by atoms with van der Waals surface area (Å²) >= 11 is 0. The highest BCUT2D eigenvalue weighted by Gasteiger charge is 2.22. The second-order valence-corrected chi connectivity index (χ2v) is 16.3. The van der Waals surface area contributed by atoms with Crippen LogP contribution in [-0.4, -0.2) is 39.0 Å². The van der Waals surface area contributed by atoms with E-state index in [0.717, 1.165) is 93.9 Å². The molecule has 0 radical (unpaired) electrons. The van der Waals surface area contributed by atoms with E-state index in [4.69, 9.17) is 23.1 Å². The maximum Gasteiger partial charge on any atom is 0.188 e. The lowest BCUT2D eigenvalue weighted by molar-refractivity contribution is 0.928. The smallest absolute Gasteiger partial charge is 0.188 e. The van der Waals surface area contributed by atoms with Crippen molar-refractivity contribution in [1.82, 2.24) is 39.0 Å². The van der Waals surface area contributed by atoms with Crippen molar-refractivity contribution in [1.29, 1.82) is 0 Å². The molecule has 0 amide bonds. The maximum atomic E-state index is 8.24. The largest absolute Gasteiger partial charge is 0.309 e. The van der Waals surface area contributed by atoms with Gasteiger partial charge in [-0.1, -0.05) is 72.3 Å². The molecule has 0 bridgehead atoms. The first-order valence-electron chi connectivity index (χ1n) is 21.3. The first-order chi connectivity index (χ1) is 31.6. The first-order valence-corrected chi connectivity index (χ1v) is 21.3. The monoisotopic (exact) mass is 838 g/mol. The Morgan fingerprint density at radius 1 is 0.385 bits per heavy atom. The molecule has 0 saturated heterocycles. The molecule has 0 aliphatic rings. The van der Waals surface area contributed by atoms with Crippen LogP contribution in [0, 0.1) is 47.8 Å². The van der Waals surface area contributed by atoms with Gasteiger partial charge in [0.15, 0.2) is 23.0 Å². The molecule has 0 spiro atoms. The Morgan fingerprint density at radius 3 is 1.45 bits per heavy atom. The molecule has 4 aromatic heterocycles. The van der Waals surface area contributed by atoms with Crippen molar-refractivity contribution in [3.8, 4) is 56.4 Å². The summed E-state index contributed by atoms with van der Waals surface area (Å²) in [4.78, 5) is 35.3. The molecule has 7 aromatic carbocycles. The number of rotatable bonds is 6. The molecule has 11 rings (SSSR count). The standard InChI is InChI=1S/C55H38N10/c1-31-26-38(56-6)18-21-41(31)42-22-20-40(64-49-14-10-8-12-43(49)46-27-36(16-23-51(46)64)54-60-32(2)58-33(3)61-54)30-45(42)48-29-39(57-7)19-25-53(48)65-50-15-11-9-13-44(50)47-28-37(17-24-52(47)65)55-62-34(4)59-35(5)63-55/h8-30H,1-5H3. The van der Waals surface area contributed by atoms with Crippen LogP contribution in [0.1, 0.15) is 28.9 Å². The average Bonchev–Trinajstić information content (AvgIpc) is 3.82. The molecule has 0 saturated carbocycles. The third-order valence-electron chi connectivity index (χ3n) is 12.1. The van der Waals surface area contributed by atoms with Crippen LogP contribution in [0.2, 0.25) is 0 Å². The highest BCUT2D eigenvalue weighted by Crippen LogP contribution is 2.45. The number of hydrogen-bond acceptors (Lipinski definition) is 6. The van der Waals surface area contributed by atoms with Crippen LogP contribution in [0.5, 0.6) is 0 Å². The highest BCUT2D eigenvalue weighted by molar-refractivity contribution is 6.12. The van der Waals surface area contributed by atoms with E-state index in [-0.39, 0.29) is 0 Å². The lowest BCUT2D eigenvalue weighted by Crippen LogP contribution is -2.01. The maximum absolute atomic E-state index is 8.24. The van der Waals surface area contributed by atoms with E-state index in [1.54, 1.807) is 0 Å². The molecule has 10 nitrogen and oxygen atoms in total. The second kappa shape index (κ2) is 15.2. The Labute approximate surface area is 374 Å². The topological polar surface area (TPSA) is 95.9 Å². The van der Waals surface area contributed by atoms with Gasteiger partial charge in [-0.2, -0.15) is 0 Å². The summed E-state index contributed by atoms with van der Waals surface area (Å²) in [5.74, 6) is 3.98. The van der Waals surface area contributed by atoms with Crippen molar-refractivity contribution in [2.45, 2.75) is 34.6 Å². The summed E-state index contributed by atoms with van der Waals surface area (Å²) in [5, 5.41) is 4.32.